The molecule has 0 N–H and O–H groups in total. The van der Waals surface area contributed by atoms with Gasteiger partial charge in [0, 0.05) is 18.0 Å². The van der Waals surface area contributed by atoms with Crippen molar-refractivity contribution in [2.75, 3.05) is 0 Å². The molecule has 0 spiro atoms. The molecule has 0 unspecified atom stereocenters. The van der Waals surface area contributed by atoms with E-state index in [1.807, 2.05) is 0 Å². The summed E-state index contributed by atoms with van der Waals surface area (Å²) in [6.07, 6.45) is 3.23. The zero-order chi connectivity index (χ0) is 12.3. The molecule has 2 nitrogen and oxygen atoms in total. The Morgan fingerprint density at radius 3 is 2.59 bits per heavy atom. The van der Waals surface area contributed by atoms with Gasteiger partial charge in [-0.3, -0.25) is 9.78 Å². The number of ketones is 1. The monoisotopic (exact) mass is 293 g/mol. The molecule has 17 heavy (non-hydrogen) atoms. The maximum atomic E-state index is 13.0. The molecule has 1 aromatic carbocycles. The number of rotatable bonds is 3. The number of pyridine rings is 1. The van der Waals surface area contributed by atoms with Crippen molar-refractivity contribution < 1.29 is 9.18 Å². The molecule has 2 rings (SSSR count). The molecule has 0 bridgehead atoms. The number of benzene rings is 1. The predicted octanol–water partition coefficient (Wildman–Crippen LogP) is 3.54. The third kappa shape index (κ3) is 2.77. The van der Waals surface area contributed by atoms with Crippen LogP contribution in [0.25, 0.3) is 0 Å². The lowest BCUT2D eigenvalue weighted by Crippen LogP contribution is -2.07. The lowest BCUT2D eigenvalue weighted by Gasteiger charge is -2.08. The summed E-state index contributed by atoms with van der Waals surface area (Å²) in [5.74, 6) is -0.582. The Bertz CT molecular complexity index is 530. The SMILES string of the molecule is O=C(c1cccc(F)c1)[C@@H](Br)c1ccncc1. The second kappa shape index (κ2) is 5.19. The summed E-state index contributed by atoms with van der Waals surface area (Å²) in [6.45, 7) is 0. The fourth-order valence-electron chi connectivity index (χ4n) is 1.47. The minimum atomic E-state index is -0.479. The third-order valence-corrected chi connectivity index (χ3v) is 3.28. The summed E-state index contributed by atoms with van der Waals surface area (Å²) in [5.41, 5.74) is 1.15. The van der Waals surface area contributed by atoms with Crippen molar-refractivity contribution in [3.63, 3.8) is 0 Å². The number of carbonyl (C=O) groups is 1. The van der Waals surface area contributed by atoms with Crippen LogP contribution in [0.4, 0.5) is 4.39 Å². The van der Waals surface area contributed by atoms with Crippen molar-refractivity contribution in [1.82, 2.24) is 4.98 Å². The molecule has 1 heterocycles. The van der Waals surface area contributed by atoms with Crippen LogP contribution in [0.2, 0.25) is 0 Å². The number of Topliss-reactive ketones (excluding diaryl/α,β-unsaturated/α-hetero) is 1. The highest BCUT2D eigenvalue weighted by Crippen LogP contribution is 2.26. The molecule has 1 aromatic heterocycles. The smallest absolute Gasteiger partial charge is 0.180 e. The fraction of sp³-hybridized carbons (Fsp3) is 0.0769. The van der Waals surface area contributed by atoms with Crippen molar-refractivity contribution >= 4 is 21.7 Å². The van der Waals surface area contributed by atoms with E-state index >= 15 is 0 Å². The number of alkyl halides is 1. The van der Waals surface area contributed by atoms with E-state index < -0.39 is 10.6 Å². The zero-order valence-corrected chi connectivity index (χ0v) is 10.4. The van der Waals surface area contributed by atoms with Gasteiger partial charge in [0.25, 0.3) is 0 Å². The second-order valence-corrected chi connectivity index (χ2v) is 4.43. The van der Waals surface area contributed by atoms with Gasteiger partial charge in [0.2, 0.25) is 0 Å². The number of hydrogen-bond donors (Lipinski definition) is 0. The van der Waals surface area contributed by atoms with Crippen molar-refractivity contribution in [3.05, 3.63) is 65.7 Å². The number of halogens is 2. The highest BCUT2D eigenvalue weighted by molar-refractivity contribution is 9.09. The van der Waals surface area contributed by atoms with E-state index in [4.69, 9.17) is 0 Å². The molecule has 2 aromatic rings. The molecule has 0 aliphatic heterocycles. The van der Waals surface area contributed by atoms with Crippen LogP contribution in [0, 0.1) is 5.82 Å². The van der Waals surface area contributed by atoms with Gasteiger partial charge in [-0.1, -0.05) is 28.1 Å². The van der Waals surface area contributed by atoms with Gasteiger partial charge >= 0.3 is 0 Å². The van der Waals surface area contributed by atoms with Gasteiger partial charge in [-0.05, 0) is 29.8 Å². The van der Waals surface area contributed by atoms with Crippen LogP contribution in [0.3, 0.4) is 0 Å². The summed E-state index contributed by atoms with van der Waals surface area (Å²) in [5, 5.41) is 0. The van der Waals surface area contributed by atoms with Gasteiger partial charge in [0.05, 0.1) is 0 Å². The first-order valence-corrected chi connectivity index (χ1v) is 5.94. The van der Waals surface area contributed by atoms with Crippen LogP contribution >= 0.6 is 15.9 Å². The highest BCUT2D eigenvalue weighted by atomic mass is 79.9. The Morgan fingerprint density at radius 1 is 1.24 bits per heavy atom. The molecule has 0 aliphatic rings. The van der Waals surface area contributed by atoms with E-state index in [0.717, 1.165) is 5.56 Å². The molecule has 0 amide bonds. The normalized spacial score (nSPS) is 12.1. The molecule has 0 saturated heterocycles. The summed E-state index contributed by atoms with van der Waals surface area (Å²) >= 11 is 3.31. The topological polar surface area (TPSA) is 30.0 Å². The maximum Gasteiger partial charge on any atom is 0.180 e. The van der Waals surface area contributed by atoms with Gasteiger partial charge in [0.15, 0.2) is 5.78 Å². The molecule has 4 heteroatoms. The first-order valence-electron chi connectivity index (χ1n) is 5.02. The van der Waals surface area contributed by atoms with E-state index in [1.165, 1.54) is 18.2 Å². The molecular formula is C13H9BrFNO. The van der Waals surface area contributed by atoms with Gasteiger partial charge in [-0.2, -0.15) is 0 Å². The standard InChI is InChI=1S/C13H9BrFNO/c14-12(9-4-6-16-7-5-9)13(17)10-2-1-3-11(15)8-10/h1-8,12H/t12-/m0/s1. The van der Waals surface area contributed by atoms with E-state index in [9.17, 15) is 9.18 Å². The average molecular weight is 294 g/mol. The first kappa shape index (κ1) is 11.9. The predicted molar refractivity (Wildman–Crippen MR) is 66.6 cm³/mol. The second-order valence-electron chi connectivity index (χ2n) is 3.52. The number of aromatic nitrogens is 1. The van der Waals surface area contributed by atoms with Gasteiger partial charge in [-0.15, -0.1) is 0 Å². The van der Waals surface area contributed by atoms with Gasteiger partial charge in [-0.25, -0.2) is 4.39 Å². The van der Waals surface area contributed by atoms with Crippen molar-refractivity contribution in [1.29, 1.82) is 0 Å². The summed E-state index contributed by atoms with van der Waals surface area (Å²) < 4.78 is 13.0. The van der Waals surface area contributed by atoms with Gasteiger partial charge < -0.3 is 0 Å². The number of nitrogens with zero attached hydrogens (tertiary/aromatic N) is 1. The fourth-order valence-corrected chi connectivity index (χ4v) is 2.04. The van der Waals surface area contributed by atoms with E-state index in [1.54, 1.807) is 30.6 Å². The van der Waals surface area contributed by atoms with Gasteiger partial charge in [0.1, 0.15) is 10.6 Å². The van der Waals surface area contributed by atoms with Crippen molar-refractivity contribution in [2.24, 2.45) is 0 Å². The van der Waals surface area contributed by atoms with Crippen molar-refractivity contribution in [3.8, 4) is 0 Å². The Hall–Kier alpha value is -1.55. The minimum Gasteiger partial charge on any atom is -0.293 e. The van der Waals surface area contributed by atoms with Crippen LogP contribution in [0.1, 0.15) is 20.7 Å². The molecule has 86 valence electrons. The van der Waals surface area contributed by atoms with Crippen LogP contribution in [0.15, 0.2) is 48.8 Å². The lowest BCUT2D eigenvalue weighted by atomic mass is 10.0. The zero-order valence-electron chi connectivity index (χ0n) is 8.81. The molecular weight excluding hydrogens is 285 g/mol. The Labute approximate surface area is 107 Å². The Morgan fingerprint density at radius 2 is 1.94 bits per heavy atom. The molecule has 0 aliphatic carbocycles. The van der Waals surface area contributed by atoms with E-state index in [0.29, 0.717) is 5.56 Å². The molecule has 0 fully saturated rings. The molecule has 0 radical (unpaired) electrons. The lowest BCUT2D eigenvalue weighted by molar-refractivity contribution is 0.0991. The molecule has 0 saturated carbocycles. The number of carbonyl (C=O) groups excluding carboxylic acids is 1. The summed E-state index contributed by atoms with van der Waals surface area (Å²) in [7, 11) is 0. The first-order chi connectivity index (χ1) is 8.18. The average Bonchev–Trinajstić information content (AvgIpc) is 2.38. The van der Waals surface area contributed by atoms with Crippen LogP contribution in [-0.4, -0.2) is 10.8 Å². The Kier molecular flexibility index (Phi) is 3.64. The van der Waals surface area contributed by atoms with Crippen LogP contribution in [0.5, 0.6) is 0 Å². The third-order valence-electron chi connectivity index (χ3n) is 2.34. The quantitative estimate of drug-likeness (QED) is 0.640. The summed E-state index contributed by atoms with van der Waals surface area (Å²) in [4.78, 5) is 15.5. The highest BCUT2D eigenvalue weighted by Gasteiger charge is 2.18. The van der Waals surface area contributed by atoms with E-state index in [2.05, 4.69) is 20.9 Å². The summed E-state index contributed by atoms with van der Waals surface area (Å²) in [6, 6.07) is 9.16. The number of hydrogen-bond acceptors (Lipinski definition) is 2. The maximum absolute atomic E-state index is 13.0. The van der Waals surface area contributed by atoms with Crippen LogP contribution < -0.4 is 0 Å². The van der Waals surface area contributed by atoms with E-state index in [-0.39, 0.29) is 5.78 Å². The largest absolute Gasteiger partial charge is 0.293 e. The molecule has 1 atom stereocenters. The van der Waals surface area contributed by atoms with Crippen LogP contribution in [-0.2, 0) is 0 Å². The Balaban J connectivity index is 2.27. The van der Waals surface area contributed by atoms with Crippen molar-refractivity contribution in [2.45, 2.75) is 4.83 Å². The minimum absolute atomic E-state index is 0.171.